The first-order valence-corrected chi connectivity index (χ1v) is 5.96. The van der Waals surface area contributed by atoms with E-state index in [9.17, 15) is 4.79 Å². The van der Waals surface area contributed by atoms with Gasteiger partial charge in [-0.15, -0.1) is 0 Å². The SMILES string of the molecule is COc1ccc(COC(=O)C(Cl)(Cl)Cl)c(OC)c1. The van der Waals surface area contributed by atoms with E-state index in [1.54, 1.807) is 18.2 Å². The minimum Gasteiger partial charge on any atom is -0.497 e. The van der Waals surface area contributed by atoms with E-state index in [4.69, 9.17) is 49.0 Å². The van der Waals surface area contributed by atoms with Crippen molar-refractivity contribution in [1.29, 1.82) is 0 Å². The summed E-state index contributed by atoms with van der Waals surface area (Å²) >= 11 is 16.1. The molecule has 0 spiro atoms. The minimum absolute atomic E-state index is 0.0556. The maximum atomic E-state index is 11.3. The van der Waals surface area contributed by atoms with Crippen LogP contribution in [0.1, 0.15) is 5.56 Å². The molecule has 0 aromatic heterocycles. The maximum absolute atomic E-state index is 11.3. The molecule has 0 amide bonds. The molecule has 0 bridgehead atoms. The summed E-state index contributed by atoms with van der Waals surface area (Å²) in [5.41, 5.74) is 0.640. The van der Waals surface area contributed by atoms with Crippen molar-refractivity contribution in [3.05, 3.63) is 23.8 Å². The Kier molecular flexibility index (Phi) is 5.38. The topological polar surface area (TPSA) is 44.8 Å². The van der Waals surface area contributed by atoms with E-state index in [1.807, 2.05) is 0 Å². The number of carbonyl (C=O) groups is 1. The average Bonchev–Trinajstić information content (AvgIpc) is 2.34. The first-order valence-electron chi connectivity index (χ1n) is 4.83. The lowest BCUT2D eigenvalue weighted by Crippen LogP contribution is -2.21. The lowest BCUT2D eigenvalue weighted by Gasteiger charge is -2.13. The van der Waals surface area contributed by atoms with E-state index >= 15 is 0 Å². The second-order valence-corrected chi connectivity index (χ2v) is 5.53. The second kappa shape index (κ2) is 6.36. The average molecular weight is 314 g/mol. The van der Waals surface area contributed by atoms with Crippen LogP contribution in [0.25, 0.3) is 0 Å². The van der Waals surface area contributed by atoms with Crippen LogP contribution in [-0.2, 0) is 16.1 Å². The van der Waals surface area contributed by atoms with Gasteiger partial charge in [0.2, 0.25) is 0 Å². The van der Waals surface area contributed by atoms with Gasteiger partial charge in [-0.2, -0.15) is 0 Å². The summed E-state index contributed by atoms with van der Waals surface area (Å²) in [4.78, 5) is 11.3. The van der Waals surface area contributed by atoms with E-state index < -0.39 is 9.76 Å². The highest BCUT2D eigenvalue weighted by molar-refractivity contribution is 6.75. The maximum Gasteiger partial charge on any atom is 0.358 e. The lowest BCUT2D eigenvalue weighted by atomic mass is 10.2. The van der Waals surface area contributed by atoms with Crippen LogP contribution in [0.4, 0.5) is 0 Å². The number of benzene rings is 1. The Hall–Kier alpha value is -0.840. The number of ether oxygens (including phenoxy) is 3. The molecule has 100 valence electrons. The second-order valence-electron chi connectivity index (χ2n) is 3.25. The number of halogens is 3. The van der Waals surface area contributed by atoms with Gasteiger partial charge in [0.05, 0.1) is 14.2 Å². The molecule has 0 unspecified atom stereocenters. The summed E-state index contributed by atoms with van der Waals surface area (Å²) in [6.45, 7) is -0.0556. The Bertz CT molecular complexity index is 429. The van der Waals surface area contributed by atoms with E-state index in [-0.39, 0.29) is 6.61 Å². The molecule has 0 N–H and O–H groups in total. The standard InChI is InChI=1S/C11H11Cl3O4/c1-16-8-4-3-7(9(5-8)17-2)6-18-10(15)11(12,13)14/h3-5H,6H2,1-2H3. The summed E-state index contributed by atoms with van der Waals surface area (Å²) in [6, 6.07) is 5.07. The van der Waals surface area contributed by atoms with Gasteiger partial charge < -0.3 is 14.2 Å². The molecule has 1 aromatic carbocycles. The van der Waals surface area contributed by atoms with Crippen LogP contribution in [-0.4, -0.2) is 24.0 Å². The molecule has 18 heavy (non-hydrogen) atoms. The van der Waals surface area contributed by atoms with E-state index in [1.165, 1.54) is 14.2 Å². The van der Waals surface area contributed by atoms with E-state index in [0.29, 0.717) is 17.1 Å². The van der Waals surface area contributed by atoms with Gasteiger partial charge in [0, 0.05) is 11.6 Å². The molecule has 7 heteroatoms. The number of alkyl halides is 3. The fourth-order valence-electron chi connectivity index (χ4n) is 1.20. The fourth-order valence-corrected chi connectivity index (χ4v) is 1.36. The van der Waals surface area contributed by atoms with Gasteiger partial charge in [-0.25, -0.2) is 4.79 Å². The summed E-state index contributed by atoms with van der Waals surface area (Å²) < 4.78 is 12.9. The number of rotatable bonds is 4. The molecule has 0 aliphatic rings. The van der Waals surface area contributed by atoms with Crippen molar-refractivity contribution in [2.45, 2.75) is 10.4 Å². The zero-order chi connectivity index (χ0) is 13.8. The van der Waals surface area contributed by atoms with E-state index in [0.717, 1.165) is 0 Å². The molecule has 1 aromatic rings. The third-order valence-electron chi connectivity index (χ3n) is 2.08. The number of carbonyl (C=O) groups excluding carboxylic acids is 1. The van der Waals surface area contributed by atoms with Crippen LogP contribution in [0.5, 0.6) is 11.5 Å². The number of esters is 1. The Morgan fingerprint density at radius 1 is 1.22 bits per heavy atom. The van der Waals surface area contributed by atoms with Crippen molar-refractivity contribution in [1.82, 2.24) is 0 Å². The molecule has 0 radical (unpaired) electrons. The Labute approximate surface area is 120 Å². The first kappa shape index (κ1) is 15.2. The van der Waals surface area contributed by atoms with Gasteiger partial charge in [-0.1, -0.05) is 34.8 Å². The van der Waals surface area contributed by atoms with Gasteiger partial charge in [0.15, 0.2) is 0 Å². The summed E-state index contributed by atoms with van der Waals surface area (Å²) in [7, 11) is 3.03. The van der Waals surface area contributed by atoms with Crippen LogP contribution in [0.2, 0.25) is 0 Å². The van der Waals surface area contributed by atoms with Crippen molar-refractivity contribution < 1.29 is 19.0 Å². The Balaban J connectivity index is 2.76. The molecule has 0 fully saturated rings. The lowest BCUT2D eigenvalue weighted by molar-refractivity contribution is -0.143. The zero-order valence-corrected chi connectivity index (χ0v) is 12.0. The van der Waals surface area contributed by atoms with Crippen molar-refractivity contribution in [2.24, 2.45) is 0 Å². The first-order chi connectivity index (χ1) is 8.38. The molecule has 0 saturated heterocycles. The van der Waals surface area contributed by atoms with Gasteiger partial charge >= 0.3 is 5.97 Å². The van der Waals surface area contributed by atoms with Crippen LogP contribution in [0, 0.1) is 0 Å². The van der Waals surface area contributed by atoms with Crippen molar-refractivity contribution in [3.8, 4) is 11.5 Å². The quantitative estimate of drug-likeness (QED) is 0.633. The third kappa shape index (κ3) is 4.12. The fraction of sp³-hybridized carbons (Fsp3) is 0.364. The summed E-state index contributed by atoms with van der Waals surface area (Å²) in [5.74, 6) is 0.208. The number of hydrogen-bond acceptors (Lipinski definition) is 4. The normalized spacial score (nSPS) is 10.9. The molecular weight excluding hydrogens is 302 g/mol. The predicted molar refractivity (Wildman–Crippen MR) is 69.6 cm³/mol. The minimum atomic E-state index is -2.08. The van der Waals surface area contributed by atoms with E-state index in [2.05, 4.69) is 0 Å². The molecule has 1 rings (SSSR count). The highest BCUT2D eigenvalue weighted by Gasteiger charge is 2.32. The number of hydrogen-bond donors (Lipinski definition) is 0. The summed E-state index contributed by atoms with van der Waals surface area (Å²) in [6.07, 6.45) is 0. The molecule has 0 aliphatic heterocycles. The molecule has 0 heterocycles. The molecule has 0 aliphatic carbocycles. The molecule has 0 saturated carbocycles. The smallest absolute Gasteiger partial charge is 0.358 e. The van der Waals surface area contributed by atoms with Crippen LogP contribution in [0.3, 0.4) is 0 Å². The monoisotopic (exact) mass is 312 g/mol. The van der Waals surface area contributed by atoms with Gasteiger partial charge in [0.1, 0.15) is 18.1 Å². The molecule has 4 nitrogen and oxygen atoms in total. The molecular formula is C11H11Cl3O4. The zero-order valence-electron chi connectivity index (χ0n) is 9.71. The van der Waals surface area contributed by atoms with Crippen LogP contribution < -0.4 is 9.47 Å². The van der Waals surface area contributed by atoms with Crippen molar-refractivity contribution >= 4 is 40.8 Å². The van der Waals surface area contributed by atoms with Crippen LogP contribution in [0.15, 0.2) is 18.2 Å². The third-order valence-corrected chi connectivity index (χ3v) is 2.55. The van der Waals surface area contributed by atoms with Gasteiger partial charge in [0.25, 0.3) is 3.79 Å². The largest absolute Gasteiger partial charge is 0.497 e. The van der Waals surface area contributed by atoms with Crippen molar-refractivity contribution in [2.75, 3.05) is 14.2 Å². The molecule has 0 atom stereocenters. The highest BCUT2D eigenvalue weighted by Crippen LogP contribution is 2.29. The van der Waals surface area contributed by atoms with Crippen LogP contribution >= 0.6 is 34.8 Å². The van der Waals surface area contributed by atoms with Crippen molar-refractivity contribution in [3.63, 3.8) is 0 Å². The van der Waals surface area contributed by atoms with Gasteiger partial charge in [-0.3, -0.25) is 0 Å². The Morgan fingerprint density at radius 2 is 1.89 bits per heavy atom. The van der Waals surface area contributed by atoms with Gasteiger partial charge in [-0.05, 0) is 12.1 Å². The predicted octanol–water partition coefficient (Wildman–Crippen LogP) is 3.12. The highest BCUT2D eigenvalue weighted by atomic mass is 35.6. The summed E-state index contributed by atoms with van der Waals surface area (Å²) in [5, 5.41) is 0. The Morgan fingerprint density at radius 3 is 2.39 bits per heavy atom. The number of methoxy groups -OCH3 is 2.